The predicted molar refractivity (Wildman–Crippen MR) is 90.0 cm³/mol. The first-order chi connectivity index (χ1) is 12.1. The summed E-state index contributed by atoms with van der Waals surface area (Å²) in [5.74, 6) is 0. The highest BCUT2D eigenvalue weighted by atomic mass is 32.2. The number of rotatable bonds is 3. The molecular weight excluding hydrogens is 369 g/mol. The van der Waals surface area contributed by atoms with Crippen molar-refractivity contribution in [3.8, 4) is 0 Å². The van der Waals surface area contributed by atoms with Gasteiger partial charge in [0.05, 0.1) is 10.5 Å². The monoisotopic (exact) mass is 382 g/mol. The minimum atomic E-state index is -4.49. The number of urea groups is 1. The number of halogens is 3. The van der Waals surface area contributed by atoms with Crippen molar-refractivity contribution in [3.05, 3.63) is 65.2 Å². The van der Waals surface area contributed by atoms with Gasteiger partial charge < -0.3 is 5.32 Å². The largest absolute Gasteiger partial charge is 0.416 e. The molecule has 0 atom stereocenters. The fourth-order valence-electron chi connectivity index (χ4n) is 2.47. The first-order valence-electron chi connectivity index (χ1n) is 7.46. The van der Waals surface area contributed by atoms with E-state index in [2.05, 4.69) is 5.32 Å². The molecule has 2 aromatic carbocycles. The Morgan fingerprint density at radius 3 is 2.38 bits per heavy atom. The second kappa shape index (κ2) is 6.49. The summed E-state index contributed by atoms with van der Waals surface area (Å²) in [5.41, 5.74) is 0.902. The molecule has 0 spiro atoms. The van der Waals surface area contributed by atoms with Crippen LogP contribution in [-0.4, -0.2) is 14.4 Å². The molecule has 2 amide bonds. The number of benzene rings is 2. The number of hydrogen-bond acceptors (Lipinski definition) is 3. The SMILES string of the molecule is O=C(Nc1ccc(C(F)(F)F)cc1)NS(=O)(=O)c1ccc2c(c1)C=CC2. The number of anilines is 1. The van der Waals surface area contributed by atoms with E-state index in [1.54, 1.807) is 12.1 Å². The third kappa shape index (κ3) is 3.88. The Labute approximate surface area is 147 Å². The quantitative estimate of drug-likeness (QED) is 0.848. The molecule has 0 aliphatic heterocycles. The van der Waals surface area contributed by atoms with Crippen LogP contribution in [-0.2, 0) is 22.6 Å². The van der Waals surface area contributed by atoms with E-state index in [0.717, 1.165) is 41.8 Å². The molecule has 3 rings (SSSR count). The number of alkyl halides is 3. The second-order valence-corrected chi connectivity index (χ2v) is 7.28. The second-order valence-electron chi connectivity index (χ2n) is 5.60. The van der Waals surface area contributed by atoms with E-state index in [-0.39, 0.29) is 10.6 Å². The molecule has 0 saturated heterocycles. The summed E-state index contributed by atoms with van der Waals surface area (Å²) in [6.45, 7) is 0. The minimum absolute atomic E-state index is 0.0302. The first-order valence-corrected chi connectivity index (χ1v) is 8.94. The van der Waals surface area contributed by atoms with Gasteiger partial charge in [-0.05, 0) is 53.9 Å². The van der Waals surface area contributed by atoms with Crippen LogP contribution in [0.4, 0.5) is 23.7 Å². The van der Waals surface area contributed by atoms with Crippen molar-refractivity contribution in [2.24, 2.45) is 0 Å². The van der Waals surface area contributed by atoms with E-state index in [1.165, 1.54) is 12.1 Å². The van der Waals surface area contributed by atoms with Gasteiger partial charge in [0.2, 0.25) is 0 Å². The molecule has 0 saturated carbocycles. The molecule has 1 aliphatic carbocycles. The lowest BCUT2D eigenvalue weighted by molar-refractivity contribution is -0.137. The Balaban J connectivity index is 1.70. The van der Waals surface area contributed by atoms with Gasteiger partial charge in [0.15, 0.2) is 0 Å². The molecule has 26 heavy (non-hydrogen) atoms. The van der Waals surface area contributed by atoms with Gasteiger partial charge in [0.25, 0.3) is 10.0 Å². The van der Waals surface area contributed by atoms with E-state index < -0.39 is 27.8 Å². The van der Waals surface area contributed by atoms with Gasteiger partial charge in [-0.2, -0.15) is 13.2 Å². The zero-order valence-electron chi connectivity index (χ0n) is 13.2. The number of carbonyl (C=O) groups excluding carboxylic acids is 1. The topological polar surface area (TPSA) is 75.3 Å². The van der Waals surface area contributed by atoms with Crippen molar-refractivity contribution >= 4 is 27.8 Å². The molecule has 0 fully saturated rings. The maximum Gasteiger partial charge on any atom is 0.416 e. The average Bonchev–Trinajstić information content (AvgIpc) is 3.01. The Kier molecular flexibility index (Phi) is 4.49. The van der Waals surface area contributed by atoms with E-state index in [4.69, 9.17) is 0 Å². The molecule has 5 nitrogen and oxygen atoms in total. The molecule has 9 heteroatoms. The number of allylic oxidation sites excluding steroid dienone is 1. The summed E-state index contributed by atoms with van der Waals surface area (Å²) in [6.07, 6.45) is -0.0912. The van der Waals surface area contributed by atoms with Crippen molar-refractivity contribution in [2.45, 2.75) is 17.5 Å². The number of nitrogens with one attached hydrogen (secondary N) is 2. The molecule has 0 heterocycles. The van der Waals surface area contributed by atoms with Crippen molar-refractivity contribution in [3.63, 3.8) is 0 Å². The van der Waals surface area contributed by atoms with Crippen LogP contribution in [0.25, 0.3) is 6.08 Å². The Morgan fingerprint density at radius 2 is 1.73 bits per heavy atom. The zero-order valence-corrected chi connectivity index (χ0v) is 14.0. The van der Waals surface area contributed by atoms with E-state index in [9.17, 15) is 26.4 Å². The predicted octanol–water partition coefficient (Wildman–Crippen LogP) is 3.79. The number of sulfonamides is 1. The van der Waals surface area contributed by atoms with Crippen LogP contribution in [0.2, 0.25) is 0 Å². The summed E-state index contributed by atoms with van der Waals surface area (Å²) in [7, 11) is -4.11. The summed E-state index contributed by atoms with van der Waals surface area (Å²) in [4.78, 5) is 11.8. The fraction of sp³-hybridized carbons (Fsp3) is 0.118. The van der Waals surface area contributed by atoms with Gasteiger partial charge in [-0.25, -0.2) is 17.9 Å². The van der Waals surface area contributed by atoms with Crippen LogP contribution >= 0.6 is 0 Å². The van der Waals surface area contributed by atoms with Crippen molar-refractivity contribution in [1.82, 2.24) is 4.72 Å². The third-order valence-electron chi connectivity index (χ3n) is 3.76. The molecule has 0 aromatic heterocycles. The van der Waals surface area contributed by atoms with Crippen LogP contribution in [0.1, 0.15) is 16.7 Å². The normalized spacial score (nSPS) is 13.3. The van der Waals surface area contributed by atoms with Crippen molar-refractivity contribution < 1.29 is 26.4 Å². The standard InChI is InChI=1S/C17H13F3N2O3S/c18-17(19,20)13-5-7-14(8-6-13)21-16(23)22-26(24,25)15-9-4-11-2-1-3-12(11)10-15/h1,3-10H,2H2,(H2,21,22,23). The summed E-state index contributed by atoms with van der Waals surface area (Å²) < 4.78 is 63.9. The van der Waals surface area contributed by atoms with Gasteiger partial charge in [-0.15, -0.1) is 0 Å². The molecule has 2 aromatic rings. The smallest absolute Gasteiger partial charge is 0.307 e. The van der Waals surface area contributed by atoms with Crippen LogP contribution < -0.4 is 10.0 Å². The van der Waals surface area contributed by atoms with Crippen molar-refractivity contribution in [1.29, 1.82) is 0 Å². The molecule has 0 radical (unpaired) electrons. The van der Waals surface area contributed by atoms with Crippen LogP contribution in [0.15, 0.2) is 53.4 Å². The molecule has 136 valence electrons. The molecular formula is C17H13F3N2O3S. The van der Waals surface area contributed by atoms with E-state index in [0.29, 0.717) is 0 Å². The summed E-state index contributed by atoms with van der Waals surface area (Å²) >= 11 is 0. The van der Waals surface area contributed by atoms with Gasteiger partial charge >= 0.3 is 12.2 Å². The van der Waals surface area contributed by atoms with Gasteiger partial charge in [0.1, 0.15) is 0 Å². The van der Waals surface area contributed by atoms with E-state index in [1.807, 2.05) is 10.8 Å². The lowest BCUT2D eigenvalue weighted by atomic mass is 10.1. The molecule has 0 bridgehead atoms. The Morgan fingerprint density at radius 1 is 1.04 bits per heavy atom. The van der Waals surface area contributed by atoms with Crippen molar-refractivity contribution in [2.75, 3.05) is 5.32 Å². The molecule has 2 N–H and O–H groups in total. The van der Waals surface area contributed by atoms with Gasteiger partial charge in [-0.3, -0.25) is 0 Å². The zero-order chi connectivity index (χ0) is 18.9. The number of fused-ring (bicyclic) bond motifs is 1. The van der Waals surface area contributed by atoms with Gasteiger partial charge in [0, 0.05) is 5.69 Å². The van der Waals surface area contributed by atoms with Crippen LogP contribution in [0, 0.1) is 0 Å². The summed E-state index contributed by atoms with van der Waals surface area (Å²) in [6, 6.07) is 7.09. The lowest BCUT2D eigenvalue weighted by Gasteiger charge is -2.11. The number of hydrogen-bond donors (Lipinski definition) is 2. The highest BCUT2D eigenvalue weighted by molar-refractivity contribution is 7.90. The summed E-state index contributed by atoms with van der Waals surface area (Å²) in [5, 5.41) is 2.19. The Bertz CT molecular complexity index is 981. The number of amides is 2. The third-order valence-corrected chi connectivity index (χ3v) is 5.09. The van der Waals surface area contributed by atoms with E-state index >= 15 is 0 Å². The minimum Gasteiger partial charge on any atom is -0.307 e. The molecule has 0 unspecified atom stereocenters. The lowest BCUT2D eigenvalue weighted by Crippen LogP contribution is -2.34. The maximum atomic E-state index is 12.5. The molecule has 1 aliphatic rings. The highest BCUT2D eigenvalue weighted by Crippen LogP contribution is 2.29. The number of carbonyl (C=O) groups is 1. The fourth-order valence-corrected chi connectivity index (χ4v) is 3.42. The van der Waals surface area contributed by atoms with Crippen LogP contribution in [0.3, 0.4) is 0 Å². The maximum absolute atomic E-state index is 12.5. The first kappa shape index (κ1) is 18.0. The van der Waals surface area contributed by atoms with Gasteiger partial charge in [-0.1, -0.05) is 18.2 Å². The highest BCUT2D eigenvalue weighted by Gasteiger charge is 2.30. The Hall–Kier alpha value is -2.81. The van der Waals surface area contributed by atoms with Crippen LogP contribution in [0.5, 0.6) is 0 Å². The average molecular weight is 382 g/mol.